The first kappa shape index (κ1) is 20.3. The number of ketones is 2. The Bertz CT molecular complexity index is 892. The standard InChI is InChI=1S/C25H32O4/c1-14-11-18-19(23(5)13-15(2)22(28)12-21(14)23)7-9-24(6)20(18)8-10-25(24,16(3)26)29-17(4)27/h11-12,18-20H,2,7-10,13H2,1,3-6H3/t18-,19+,20+,23-,24+,25+/m0/s1. The van der Waals surface area contributed by atoms with Gasteiger partial charge < -0.3 is 4.74 Å². The third-order valence-corrected chi connectivity index (χ3v) is 8.84. The van der Waals surface area contributed by atoms with Crippen LogP contribution in [0.25, 0.3) is 0 Å². The third kappa shape index (κ3) is 2.53. The molecule has 4 heteroatoms. The van der Waals surface area contributed by atoms with Gasteiger partial charge in [-0.15, -0.1) is 0 Å². The summed E-state index contributed by atoms with van der Waals surface area (Å²) in [7, 11) is 0. The molecule has 0 aliphatic heterocycles. The van der Waals surface area contributed by atoms with Gasteiger partial charge in [0, 0.05) is 17.8 Å². The molecular weight excluding hydrogens is 364 g/mol. The Morgan fingerprint density at radius 1 is 1.14 bits per heavy atom. The van der Waals surface area contributed by atoms with Crippen molar-refractivity contribution in [1.29, 1.82) is 0 Å². The first-order chi connectivity index (χ1) is 13.5. The Kier molecular flexibility index (Phi) is 4.39. The molecule has 4 aliphatic carbocycles. The van der Waals surface area contributed by atoms with Gasteiger partial charge in [0.1, 0.15) is 0 Å². The summed E-state index contributed by atoms with van der Waals surface area (Å²) in [6.07, 6.45) is 8.12. The van der Waals surface area contributed by atoms with Crippen LogP contribution in [0.15, 0.2) is 35.5 Å². The van der Waals surface area contributed by atoms with Gasteiger partial charge in [-0.3, -0.25) is 14.4 Å². The predicted molar refractivity (Wildman–Crippen MR) is 111 cm³/mol. The van der Waals surface area contributed by atoms with Crippen LogP contribution < -0.4 is 0 Å². The van der Waals surface area contributed by atoms with Gasteiger partial charge in [-0.05, 0) is 80.9 Å². The number of hydrogen-bond acceptors (Lipinski definition) is 4. The lowest BCUT2D eigenvalue weighted by Crippen LogP contribution is -2.58. The molecule has 156 valence electrons. The number of fused-ring (bicyclic) bond motifs is 5. The van der Waals surface area contributed by atoms with Gasteiger partial charge in [0.15, 0.2) is 17.2 Å². The van der Waals surface area contributed by atoms with E-state index in [9.17, 15) is 14.4 Å². The minimum absolute atomic E-state index is 0.0314. The van der Waals surface area contributed by atoms with Gasteiger partial charge >= 0.3 is 5.97 Å². The Hall–Kier alpha value is -1.97. The molecule has 0 unspecified atom stereocenters. The van der Waals surface area contributed by atoms with Crippen LogP contribution >= 0.6 is 0 Å². The van der Waals surface area contributed by atoms with E-state index in [1.54, 1.807) is 13.0 Å². The summed E-state index contributed by atoms with van der Waals surface area (Å²) in [4.78, 5) is 37.0. The molecule has 0 aromatic rings. The molecule has 0 bridgehead atoms. The second kappa shape index (κ2) is 6.26. The molecule has 2 fully saturated rings. The normalized spacial score (nSPS) is 43.6. The highest BCUT2D eigenvalue weighted by Crippen LogP contribution is 2.68. The number of allylic oxidation sites excluding steroid dienone is 5. The van der Waals surface area contributed by atoms with E-state index in [4.69, 9.17) is 4.74 Å². The molecule has 0 saturated heterocycles. The lowest BCUT2D eigenvalue weighted by molar-refractivity contribution is -0.185. The number of Topliss-reactive ketones (excluding diaryl/α,β-unsaturated/α-hetero) is 1. The summed E-state index contributed by atoms with van der Waals surface area (Å²) in [6, 6.07) is 0. The molecule has 0 aromatic heterocycles. The van der Waals surface area contributed by atoms with Crippen LogP contribution in [0, 0.1) is 28.6 Å². The molecule has 0 spiro atoms. The van der Waals surface area contributed by atoms with Crippen molar-refractivity contribution in [3.05, 3.63) is 35.5 Å². The van der Waals surface area contributed by atoms with Crippen molar-refractivity contribution in [2.75, 3.05) is 0 Å². The van der Waals surface area contributed by atoms with Crippen LogP contribution in [0.2, 0.25) is 0 Å². The van der Waals surface area contributed by atoms with E-state index in [2.05, 4.69) is 33.4 Å². The molecule has 4 rings (SSSR count). The Morgan fingerprint density at radius 2 is 1.79 bits per heavy atom. The number of esters is 1. The molecule has 0 heterocycles. The monoisotopic (exact) mass is 396 g/mol. The van der Waals surface area contributed by atoms with Crippen LogP contribution in [-0.4, -0.2) is 23.1 Å². The molecule has 2 saturated carbocycles. The zero-order chi connectivity index (χ0) is 21.4. The van der Waals surface area contributed by atoms with Gasteiger partial charge in [0.2, 0.25) is 0 Å². The molecule has 0 N–H and O–H groups in total. The van der Waals surface area contributed by atoms with Crippen molar-refractivity contribution in [3.8, 4) is 0 Å². The summed E-state index contributed by atoms with van der Waals surface area (Å²) in [6.45, 7) is 13.6. The summed E-state index contributed by atoms with van der Waals surface area (Å²) >= 11 is 0. The molecule has 29 heavy (non-hydrogen) atoms. The van der Waals surface area contributed by atoms with Gasteiger partial charge in [0.25, 0.3) is 0 Å². The van der Waals surface area contributed by atoms with Crippen molar-refractivity contribution < 1.29 is 19.1 Å². The van der Waals surface area contributed by atoms with Gasteiger partial charge in [0.05, 0.1) is 0 Å². The van der Waals surface area contributed by atoms with Gasteiger partial charge in [-0.25, -0.2) is 0 Å². The first-order valence-corrected chi connectivity index (χ1v) is 10.8. The summed E-state index contributed by atoms with van der Waals surface area (Å²) in [5, 5.41) is 0. The van der Waals surface area contributed by atoms with Crippen molar-refractivity contribution in [2.24, 2.45) is 28.6 Å². The molecule has 4 nitrogen and oxygen atoms in total. The van der Waals surface area contributed by atoms with E-state index in [-0.39, 0.29) is 34.3 Å². The quantitative estimate of drug-likeness (QED) is 0.500. The minimum Gasteiger partial charge on any atom is -0.451 e. The van der Waals surface area contributed by atoms with Crippen LogP contribution in [0.4, 0.5) is 0 Å². The maximum absolute atomic E-state index is 12.8. The van der Waals surface area contributed by atoms with E-state index in [0.29, 0.717) is 30.3 Å². The fraction of sp³-hybridized carbons (Fsp3) is 0.640. The van der Waals surface area contributed by atoms with E-state index in [1.165, 1.54) is 12.5 Å². The molecule has 0 amide bonds. The smallest absolute Gasteiger partial charge is 0.303 e. The van der Waals surface area contributed by atoms with Crippen molar-refractivity contribution in [1.82, 2.24) is 0 Å². The average Bonchev–Trinajstić information content (AvgIpc) is 2.91. The number of carbonyl (C=O) groups is 3. The summed E-state index contributed by atoms with van der Waals surface area (Å²) in [5.41, 5.74) is 1.56. The van der Waals surface area contributed by atoms with E-state index in [0.717, 1.165) is 24.8 Å². The molecular formula is C25H32O4. The van der Waals surface area contributed by atoms with E-state index >= 15 is 0 Å². The van der Waals surface area contributed by atoms with E-state index < -0.39 is 5.60 Å². The Labute approximate surface area is 173 Å². The molecule has 6 atom stereocenters. The fourth-order valence-electron chi connectivity index (χ4n) is 7.53. The van der Waals surface area contributed by atoms with Crippen LogP contribution in [0.5, 0.6) is 0 Å². The average molecular weight is 397 g/mol. The maximum atomic E-state index is 12.8. The van der Waals surface area contributed by atoms with Crippen molar-refractivity contribution in [3.63, 3.8) is 0 Å². The maximum Gasteiger partial charge on any atom is 0.303 e. The topological polar surface area (TPSA) is 60.4 Å². The van der Waals surface area contributed by atoms with Crippen molar-refractivity contribution >= 4 is 17.5 Å². The third-order valence-electron chi connectivity index (χ3n) is 8.84. The first-order valence-electron chi connectivity index (χ1n) is 10.8. The number of ether oxygens (including phenoxy) is 1. The molecule has 4 aliphatic rings. The van der Waals surface area contributed by atoms with Gasteiger partial charge in [-0.2, -0.15) is 0 Å². The van der Waals surface area contributed by atoms with Crippen LogP contribution in [-0.2, 0) is 19.1 Å². The SMILES string of the molecule is C=C1C[C@]2(C)C(=CC1=O)C(C)=C[C@H]1[C@H]2CC[C@]2(C)[C@@H]1CC[C@@]2(OC(C)=O)C(C)=O. The zero-order valence-electron chi connectivity index (χ0n) is 18.3. The zero-order valence-corrected chi connectivity index (χ0v) is 18.3. The second-order valence-corrected chi connectivity index (χ2v) is 10.2. The number of rotatable bonds is 2. The highest BCUT2D eigenvalue weighted by atomic mass is 16.6. The number of carbonyl (C=O) groups excluding carboxylic acids is 3. The predicted octanol–water partition coefficient (Wildman–Crippen LogP) is 4.74. The lowest BCUT2D eigenvalue weighted by Gasteiger charge is -2.58. The van der Waals surface area contributed by atoms with Gasteiger partial charge in [-0.1, -0.05) is 32.1 Å². The van der Waals surface area contributed by atoms with Crippen LogP contribution in [0.3, 0.4) is 0 Å². The Balaban J connectivity index is 1.80. The Morgan fingerprint density at radius 3 is 2.41 bits per heavy atom. The van der Waals surface area contributed by atoms with Crippen molar-refractivity contribution in [2.45, 2.75) is 72.3 Å². The summed E-state index contributed by atoms with van der Waals surface area (Å²) in [5.74, 6) is 0.642. The van der Waals surface area contributed by atoms with E-state index in [1.807, 2.05) is 0 Å². The molecule has 0 aromatic carbocycles. The highest BCUT2D eigenvalue weighted by Gasteiger charge is 2.67. The molecule has 0 radical (unpaired) electrons. The second-order valence-electron chi connectivity index (χ2n) is 10.2. The lowest BCUT2D eigenvalue weighted by atomic mass is 9.46. The highest BCUT2D eigenvalue weighted by molar-refractivity contribution is 6.05. The largest absolute Gasteiger partial charge is 0.451 e. The number of hydrogen-bond donors (Lipinski definition) is 0. The summed E-state index contributed by atoms with van der Waals surface area (Å²) < 4.78 is 5.82. The van der Waals surface area contributed by atoms with Crippen LogP contribution in [0.1, 0.15) is 66.7 Å². The fourth-order valence-corrected chi connectivity index (χ4v) is 7.53. The minimum atomic E-state index is -1.01.